The summed E-state index contributed by atoms with van der Waals surface area (Å²) < 4.78 is 5.32. The summed E-state index contributed by atoms with van der Waals surface area (Å²) in [6, 6.07) is 4.77. The first-order valence-corrected chi connectivity index (χ1v) is 5.54. The first-order chi connectivity index (χ1) is 7.60. The molecule has 2 atom stereocenters. The van der Waals surface area contributed by atoms with Crippen molar-refractivity contribution in [3.8, 4) is 0 Å². The van der Waals surface area contributed by atoms with Crippen molar-refractivity contribution in [1.82, 2.24) is 0 Å². The fourth-order valence-electron chi connectivity index (χ4n) is 2.33. The molecule has 0 bridgehead atoms. The van der Waals surface area contributed by atoms with Gasteiger partial charge in [0, 0.05) is 16.1 Å². The number of rotatable bonds is 1. The van der Waals surface area contributed by atoms with Crippen LogP contribution in [0.15, 0.2) is 18.2 Å². The summed E-state index contributed by atoms with van der Waals surface area (Å²) in [6.45, 7) is 1.85. The lowest BCUT2D eigenvalue weighted by Gasteiger charge is -2.16. The highest BCUT2D eigenvalue weighted by Crippen LogP contribution is 2.48. The lowest BCUT2D eigenvalue weighted by molar-refractivity contribution is 0.0857. The topological polar surface area (TPSA) is 46.7 Å². The van der Waals surface area contributed by atoms with Crippen LogP contribution in [-0.4, -0.2) is 23.3 Å². The van der Waals surface area contributed by atoms with E-state index in [1.807, 2.05) is 6.92 Å². The van der Waals surface area contributed by atoms with Gasteiger partial charge < -0.3 is 4.74 Å². The van der Waals surface area contributed by atoms with Crippen LogP contribution in [-0.2, 0) is 4.74 Å². The third kappa shape index (κ3) is 1.02. The molecule has 82 valence electrons. The Morgan fingerprint density at radius 1 is 1.38 bits per heavy atom. The first kappa shape index (κ1) is 10.00. The van der Waals surface area contributed by atoms with Gasteiger partial charge in [0.2, 0.25) is 0 Å². The van der Waals surface area contributed by atoms with Crippen LogP contribution in [0.25, 0.3) is 0 Å². The van der Waals surface area contributed by atoms with Crippen LogP contribution < -0.4 is 0 Å². The molecule has 0 spiro atoms. The average Bonchev–Trinajstić information content (AvgIpc) is 3.02. The zero-order chi connectivity index (χ0) is 11.5. The SMILES string of the molecule is CCC12OC1C(=O)c1cc(Cl)ccc1C2=O. The van der Waals surface area contributed by atoms with E-state index in [0.29, 0.717) is 22.6 Å². The van der Waals surface area contributed by atoms with Gasteiger partial charge in [-0.1, -0.05) is 18.5 Å². The molecule has 1 fully saturated rings. The summed E-state index contributed by atoms with van der Waals surface area (Å²) >= 11 is 5.82. The van der Waals surface area contributed by atoms with E-state index in [0.717, 1.165) is 0 Å². The maximum absolute atomic E-state index is 12.1. The molecule has 3 rings (SSSR count). The van der Waals surface area contributed by atoms with Gasteiger partial charge in [0.15, 0.2) is 23.3 Å². The van der Waals surface area contributed by atoms with Crippen molar-refractivity contribution in [2.75, 3.05) is 0 Å². The van der Waals surface area contributed by atoms with Gasteiger partial charge >= 0.3 is 0 Å². The summed E-state index contributed by atoms with van der Waals surface area (Å²) in [5, 5.41) is 0.463. The second-order valence-corrected chi connectivity index (χ2v) is 4.56. The molecule has 0 aromatic heterocycles. The molecule has 1 aliphatic heterocycles. The monoisotopic (exact) mass is 236 g/mol. The number of fused-ring (bicyclic) bond motifs is 2. The summed E-state index contributed by atoms with van der Waals surface area (Å²) in [4.78, 5) is 24.1. The Labute approximate surface area is 97.3 Å². The van der Waals surface area contributed by atoms with Gasteiger partial charge in [-0.05, 0) is 24.6 Å². The number of carbonyl (C=O) groups excluding carboxylic acids is 2. The molecule has 0 amide bonds. The Bertz CT molecular complexity index is 523. The number of ketones is 2. The Hall–Kier alpha value is -1.19. The standard InChI is InChI=1S/C12H9ClO3/c1-2-12-10(15)7-4-3-6(13)5-8(7)9(14)11(12)16-12/h3-5,11H,2H2,1H3. The molecule has 0 N–H and O–H groups in total. The van der Waals surface area contributed by atoms with Gasteiger partial charge in [-0.25, -0.2) is 0 Å². The van der Waals surface area contributed by atoms with E-state index >= 15 is 0 Å². The van der Waals surface area contributed by atoms with Crippen LogP contribution >= 0.6 is 11.6 Å². The summed E-state index contributed by atoms with van der Waals surface area (Å²) in [6.07, 6.45) is -0.0550. The first-order valence-electron chi connectivity index (χ1n) is 5.16. The fourth-order valence-corrected chi connectivity index (χ4v) is 2.50. The smallest absolute Gasteiger partial charge is 0.198 e. The molecule has 1 aromatic rings. The second kappa shape index (κ2) is 2.93. The quantitative estimate of drug-likeness (QED) is 0.703. The predicted octanol–water partition coefficient (Wildman–Crippen LogP) is 2.27. The molecule has 3 nitrogen and oxygen atoms in total. The van der Waals surface area contributed by atoms with Crippen LogP contribution in [0.2, 0.25) is 5.02 Å². The lowest BCUT2D eigenvalue weighted by atomic mass is 9.80. The van der Waals surface area contributed by atoms with E-state index in [9.17, 15) is 9.59 Å². The molecule has 2 aliphatic rings. The van der Waals surface area contributed by atoms with E-state index in [1.165, 1.54) is 0 Å². The number of halogens is 1. The van der Waals surface area contributed by atoms with Gasteiger partial charge in [0.1, 0.15) is 0 Å². The van der Waals surface area contributed by atoms with Crippen molar-refractivity contribution in [3.63, 3.8) is 0 Å². The fraction of sp³-hybridized carbons (Fsp3) is 0.333. The average molecular weight is 237 g/mol. The molecule has 0 radical (unpaired) electrons. The number of carbonyl (C=O) groups is 2. The van der Waals surface area contributed by atoms with E-state index in [-0.39, 0.29) is 11.6 Å². The van der Waals surface area contributed by atoms with Crippen LogP contribution in [0.4, 0.5) is 0 Å². The Kier molecular flexibility index (Phi) is 1.83. The van der Waals surface area contributed by atoms with Crippen LogP contribution in [0, 0.1) is 0 Å². The maximum Gasteiger partial charge on any atom is 0.198 e. The third-order valence-electron chi connectivity index (χ3n) is 3.33. The predicted molar refractivity (Wildman–Crippen MR) is 58.0 cm³/mol. The van der Waals surface area contributed by atoms with Gasteiger partial charge in [-0.3, -0.25) is 9.59 Å². The molecule has 0 saturated carbocycles. The van der Waals surface area contributed by atoms with Crippen molar-refractivity contribution >= 4 is 23.2 Å². The van der Waals surface area contributed by atoms with Crippen molar-refractivity contribution in [1.29, 1.82) is 0 Å². The van der Waals surface area contributed by atoms with Gasteiger partial charge in [-0.15, -0.1) is 0 Å². The number of Topliss-reactive ketones (excluding diaryl/α,β-unsaturated/α-hetero) is 2. The molecular weight excluding hydrogens is 228 g/mol. The van der Waals surface area contributed by atoms with E-state index in [4.69, 9.17) is 16.3 Å². The number of hydrogen-bond donors (Lipinski definition) is 0. The molecular formula is C12H9ClO3. The molecule has 2 unspecified atom stereocenters. The van der Waals surface area contributed by atoms with Crippen LogP contribution in [0.3, 0.4) is 0 Å². The molecule has 16 heavy (non-hydrogen) atoms. The Balaban J connectivity index is 2.21. The second-order valence-electron chi connectivity index (χ2n) is 4.12. The van der Waals surface area contributed by atoms with Crippen molar-refractivity contribution in [3.05, 3.63) is 34.3 Å². The third-order valence-corrected chi connectivity index (χ3v) is 3.57. The minimum atomic E-state index is -0.877. The molecule has 1 aromatic carbocycles. The highest BCUT2D eigenvalue weighted by atomic mass is 35.5. The van der Waals surface area contributed by atoms with E-state index in [1.54, 1.807) is 18.2 Å². The largest absolute Gasteiger partial charge is 0.349 e. The minimum absolute atomic E-state index is 0.0914. The van der Waals surface area contributed by atoms with Crippen molar-refractivity contribution in [2.45, 2.75) is 25.0 Å². The molecule has 4 heteroatoms. The number of epoxide rings is 1. The highest BCUT2D eigenvalue weighted by molar-refractivity contribution is 6.32. The molecule has 1 aliphatic carbocycles. The lowest BCUT2D eigenvalue weighted by Crippen LogP contribution is -2.36. The minimum Gasteiger partial charge on any atom is -0.349 e. The van der Waals surface area contributed by atoms with Crippen LogP contribution in [0.1, 0.15) is 34.1 Å². The number of ether oxygens (including phenoxy) is 1. The Morgan fingerprint density at radius 2 is 2.12 bits per heavy atom. The number of benzene rings is 1. The summed E-state index contributed by atoms with van der Waals surface area (Å²) in [5.74, 6) is -0.217. The van der Waals surface area contributed by atoms with E-state index in [2.05, 4.69) is 0 Å². The molecule has 1 saturated heterocycles. The summed E-state index contributed by atoms with van der Waals surface area (Å²) in [7, 11) is 0. The normalized spacial score (nSPS) is 31.0. The highest BCUT2D eigenvalue weighted by Gasteiger charge is 2.67. The van der Waals surface area contributed by atoms with Gasteiger partial charge in [0.25, 0.3) is 0 Å². The van der Waals surface area contributed by atoms with Crippen molar-refractivity contribution < 1.29 is 14.3 Å². The zero-order valence-electron chi connectivity index (χ0n) is 8.62. The van der Waals surface area contributed by atoms with Crippen molar-refractivity contribution in [2.24, 2.45) is 0 Å². The van der Waals surface area contributed by atoms with E-state index < -0.39 is 11.7 Å². The van der Waals surface area contributed by atoms with Crippen LogP contribution in [0.5, 0.6) is 0 Å². The Morgan fingerprint density at radius 3 is 2.81 bits per heavy atom. The maximum atomic E-state index is 12.1. The number of hydrogen-bond acceptors (Lipinski definition) is 3. The van der Waals surface area contributed by atoms with Gasteiger partial charge in [0.05, 0.1) is 0 Å². The van der Waals surface area contributed by atoms with Gasteiger partial charge in [-0.2, -0.15) is 0 Å². The molecule has 1 heterocycles. The zero-order valence-corrected chi connectivity index (χ0v) is 9.38. The summed E-state index contributed by atoms with van der Waals surface area (Å²) in [5.41, 5.74) is -0.0492.